The maximum absolute atomic E-state index is 12.7. The Hall–Kier alpha value is -2.32. The van der Waals surface area contributed by atoms with Crippen LogP contribution in [0.25, 0.3) is 0 Å². The van der Waals surface area contributed by atoms with Crippen molar-refractivity contribution in [1.82, 2.24) is 5.32 Å². The molecular formula is C21H24N2O4S2. The van der Waals surface area contributed by atoms with Crippen molar-refractivity contribution in [2.45, 2.75) is 48.3 Å². The summed E-state index contributed by atoms with van der Waals surface area (Å²) in [6, 6.07) is 12.5. The van der Waals surface area contributed by atoms with E-state index < -0.39 is 9.84 Å². The standard InChI is InChI=1S/C21H24N2O4S2/c1-3-18-21(25)23-17-9-8-16(12-19(17)28-18)29(26,27)11-10-20(24)22-13-15-6-4-14(2)5-7-15/h4-9,12,18H,3,10-11,13H2,1-2H3,(H,22,24)(H,23,25). The van der Waals surface area contributed by atoms with Crippen LogP contribution < -0.4 is 10.6 Å². The van der Waals surface area contributed by atoms with Gasteiger partial charge in [-0.25, -0.2) is 8.42 Å². The fourth-order valence-electron chi connectivity index (χ4n) is 2.93. The number of fused-ring (bicyclic) bond motifs is 1. The van der Waals surface area contributed by atoms with Crippen LogP contribution in [0.2, 0.25) is 0 Å². The van der Waals surface area contributed by atoms with Gasteiger partial charge in [0.15, 0.2) is 9.84 Å². The first kappa shape index (κ1) is 21.4. The van der Waals surface area contributed by atoms with Gasteiger partial charge in [-0.1, -0.05) is 36.8 Å². The number of carbonyl (C=O) groups is 2. The lowest BCUT2D eigenvalue weighted by molar-refractivity contribution is -0.121. The van der Waals surface area contributed by atoms with Gasteiger partial charge in [0.25, 0.3) is 0 Å². The summed E-state index contributed by atoms with van der Waals surface area (Å²) in [6.45, 7) is 4.27. The number of thioether (sulfide) groups is 1. The Kier molecular flexibility index (Phi) is 6.64. The van der Waals surface area contributed by atoms with Gasteiger partial charge in [-0.3, -0.25) is 9.59 Å². The van der Waals surface area contributed by atoms with E-state index in [0.717, 1.165) is 16.0 Å². The zero-order valence-electron chi connectivity index (χ0n) is 16.4. The highest BCUT2D eigenvalue weighted by molar-refractivity contribution is 8.01. The summed E-state index contributed by atoms with van der Waals surface area (Å²) in [6.07, 6.45) is 0.556. The molecule has 29 heavy (non-hydrogen) atoms. The third kappa shape index (κ3) is 5.39. The van der Waals surface area contributed by atoms with Crippen molar-refractivity contribution < 1.29 is 18.0 Å². The molecule has 0 saturated heterocycles. The first-order valence-corrected chi connectivity index (χ1v) is 12.0. The molecule has 6 nitrogen and oxygen atoms in total. The van der Waals surface area contributed by atoms with E-state index in [9.17, 15) is 18.0 Å². The number of benzene rings is 2. The molecule has 0 fully saturated rings. The lowest BCUT2D eigenvalue weighted by atomic mass is 10.1. The zero-order chi connectivity index (χ0) is 21.0. The van der Waals surface area contributed by atoms with E-state index in [1.54, 1.807) is 12.1 Å². The van der Waals surface area contributed by atoms with Crippen LogP contribution in [0.1, 0.15) is 30.9 Å². The highest BCUT2D eigenvalue weighted by Gasteiger charge is 2.27. The van der Waals surface area contributed by atoms with E-state index >= 15 is 0 Å². The van der Waals surface area contributed by atoms with Gasteiger partial charge in [0.05, 0.1) is 21.6 Å². The van der Waals surface area contributed by atoms with Gasteiger partial charge in [-0.15, -0.1) is 11.8 Å². The monoisotopic (exact) mass is 432 g/mol. The molecule has 154 valence electrons. The Morgan fingerprint density at radius 3 is 2.59 bits per heavy atom. The molecule has 0 saturated carbocycles. The van der Waals surface area contributed by atoms with Crippen molar-refractivity contribution in [2.24, 2.45) is 0 Å². The molecular weight excluding hydrogens is 408 g/mol. The summed E-state index contributed by atoms with van der Waals surface area (Å²) in [5, 5.41) is 5.33. The summed E-state index contributed by atoms with van der Waals surface area (Å²) >= 11 is 1.37. The summed E-state index contributed by atoms with van der Waals surface area (Å²) in [5.74, 6) is -0.634. The van der Waals surface area contributed by atoms with Gasteiger partial charge in [0.1, 0.15) is 0 Å². The molecule has 2 N–H and O–H groups in total. The minimum absolute atomic E-state index is 0.0640. The van der Waals surface area contributed by atoms with Gasteiger partial charge >= 0.3 is 0 Å². The molecule has 0 spiro atoms. The average Bonchev–Trinajstić information content (AvgIpc) is 2.71. The Labute approximate surface area is 175 Å². The van der Waals surface area contributed by atoms with Crippen LogP contribution in [0.3, 0.4) is 0 Å². The van der Waals surface area contributed by atoms with E-state index in [1.165, 1.54) is 17.8 Å². The van der Waals surface area contributed by atoms with Crippen LogP contribution in [-0.2, 0) is 26.0 Å². The minimum Gasteiger partial charge on any atom is -0.352 e. The number of carbonyl (C=O) groups excluding carboxylic acids is 2. The second-order valence-corrected chi connectivity index (χ2v) is 10.3. The molecule has 1 unspecified atom stereocenters. The summed E-state index contributed by atoms with van der Waals surface area (Å²) in [4.78, 5) is 24.9. The van der Waals surface area contributed by atoms with E-state index in [4.69, 9.17) is 0 Å². The SMILES string of the molecule is CCC1Sc2cc(S(=O)(=O)CCC(=O)NCc3ccc(C)cc3)ccc2NC1=O. The topological polar surface area (TPSA) is 92.3 Å². The van der Waals surface area contributed by atoms with Gasteiger partial charge in [0, 0.05) is 17.9 Å². The molecule has 1 aliphatic rings. The third-order valence-corrected chi connectivity index (χ3v) is 7.85. The Morgan fingerprint density at radius 2 is 1.90 bits per heavy atom. The molecule has 2 amide bonds. The largest absolute Gasteiger partial charge is 0.352 e. The van der Waals surface area contributed by atoms with Crippen molar-refractivity contribution in [3.63, 3.8) is 0 Å². The third-order valence-electron chi connectivity index (χ3n) is 4.71. The Balaban J connectivity index is 1.60. The highest BCUT2D eigenvalue weighted by atomic mass is 32.2. The van der Waals surface area contributed by atoms with Crippen LogP contribution >= 0.6 is 11.8 Å². The molecule has 2 aromatic carbocycles. The maximum atomic E-state index is 12.7. The van der Waals surface area contributed by atoms with Crippen LogP contribution in [0.4, 0.5) is 5.69 Å². The molecule has 0 bridgehead atoms. The minimum atomic E-state index is -3.60. The number of anilines is 1. The predicted molar refractivity (Wildman–Crippen MR) is 115 cm³/mol. The van der Waals surface area contributed by atoms with Crippen LogP contribution in [0.15, 0.2) is 52.3 Å². The van der Waals surface area contributed by atoms with Gasteiger partial charge < -0.3 is 10.6 Å². The van der Waals surface area contributed by atoms with Crippen molar-refractivity contribution in [1.29, 1.82) is 0 Å². The zero-order valence-corrected chi connectivity index (χ0v) is 18.0. The smallest absolute Gasteiger partial charge is 0.237 e. The number of amides is 2. The van der Waals surface area contributed by atoms with Crippen molar-refractivity contribution >= 4 is 39.1 Å². The van der Waals surface area contributed by atoms with Crippen molar-refractivity contribution in [2.75, 3.05) is 11.1 Å². The second kappa shape index (κ2) is 9.00. The normalized spacial score (nSPS) is 16.1. The van der Waals surface area contributed by atoms with Crippen molar-refractivity contribution in [3.8, 4) is 0 Å². The van der Waals surface area contributed by atoms with Gasteiger partial charge in [-0.05, 0) is 37.1 Å². The lowest BCUT2D eigenvalue weighted by Crippen LogP contribution is -2.28. The van der Waals surface area contributed by atoms with E-state index in [-0.39, 0.29) is 34.1 Å². The van der Waals surface area contributed by atoms with E-state index in [2.05, 4.69) is 10.6 Å². The van der Waals surface area contributed by atoms with Crippen LogP contribution in [-0.4, -0.2) is 31.2 Å². The number of rotatable bonds is 7. The molecule has 2 aromatic rings. The Morgan fingerprint density at radius 1 is 1.17 bits per heavy atom. The predicted octanol–water partition coefficient (Wildman–Crippen LogP) is 3.30. The second-order valence-electron chi connectivity index (χ2n) is 6.99. The van der Waals surface area contributed by atoms with E-state index in [0.29, 0.717) is 18.7 Å². The van der Waals surface area contributed by atoms with Gasteiger partial charge in [0.2, 0.25) is 11.8 Å². The quantitative estimate of drug-likeness (QED) is 0.700. The molecule has 1 aliphatic heterocycles. The maximum Gasteiger partial charge on any atom is 0.237 e. The number of nitrogens with one attached hydrogen (secondary N) is 2. The van der Waals surface area contributed by atoms with Crippen LogP contribution in [0, 0.1) is 6.92 Å². The molecule has 0 aromatic heterocycles. The van der Waals surface area contributed by atoms with Gasteiger partial charge in [-0.2, -0.15) is 0 Å². The number of hydrogen-bond donors (Lipinski definition) is 2. The van der Waals surface area contributed by atoms with Crippen molar-refractivity contribution in [3.05, 3.63) is 53.6 Å². The Bertz CT molecular complexity index is 1020. The summed E-state index contributed by atoms with van der Waals surface area (Å²) < 4.78 is 25.3. The first-order valence-electron chi connectivity index (χ1n) is 9.45. The number of aryl methyl sites for hydroxylation is 1. The molecule has 0 radical (unpaired) electrons. The molecule has 1 heterocycles. The molecule has 1 atom stereocenters. The lowest BCUT2D eigenvalue weighted by Gasteiger charge is -2.23. The highest BCUT2D eigenvalue weighted by Crippen LogP contribution is 2.38. The molecule has 0 aliphatic carbocycles. The average molecular weight is 433 g/mol. The van der Waals surface area contributed by atoms with E-state index in [1.807, 2.05) is 38.1 Å². The summed E-state index contributed by atoms with van der Waals surface area (Å²) in [7, 11) is -3.60. The fourth-order valence-corrected chi connectivity index (χ4v) is 5.34. The fraction of sp³-hybridized carbons (Fsp3) is 0.333. The molecule has 3 rings (SSSR count). The number of hydrogen-bond acceptors (Lipinski definition) is 5. The molecule has 8 heteroatoms. The summed E-state index contributed by atoms with van der Waals surface area (Å²) in [5.41, 5.74) is 2.73. The first-order chi connectivity index (χ1) is 13.8. The van der Waals surface area contributed by atoms with Crippen LogP contribution in [0.5, 0.6) is 0 Å². The number of sulfone groups is 1.